The lowest BCUT2D eigenvalue weighted by Crippen LogP contribution is -2.47. The summed E-state index contributed by atoms with van der Waals surface area (Å²) in [5.74, 6) is -0.0699. The Labute approximate surface area is 94.6 Å². The van der Waals surface area contributed by atoms with Crippen molar-refractivity contribution in [3.63, 3.8) is 0 Å². The number of hydrogen-bond acceptors (Lipinski definition) is 3. The highest BCUT2D eigenvalue weighted by molar-refractivity contribution is 5.78. The van der Waals surface area contributed by atoms with Gasteiger partial charge in [0, 0.05) is 0 Å². The number of carbonyl (C=O) groups excluding carboxylic acids is 1. The molecule has 2 rings (SSSR count). The summed E-state index contributed by atoms with van der Waals surface area (Å²) in [6, 6.07) is 9.92. The maximum absolute atomic E-state index is 11.0. The summed E-state index contributed by atoms with van der Waals surface area (Å²) in [6.07, 6.45) is 0. The van der Waals surface area contributed by atoms with Gasteiger partial charge in [-0.2, -0.15) is 0 Å². The summed E-state index contributed by atoms with van der Waals surface area (Å²) < 4.78 is 10.6. The van der Waals surface area contributed by atoms with Gasteiger partial charge in [0.05, 0.1) is 25.9 Å². The average Bonchev–Trinajstić information content (AvgIpc) is 2.30. The molecule has 16 heavy (non-hydrogen) atoms. The molecule has 0 radical (unpaired) electrons. The first-order valence-electron chi connectivity index (χ1n) is 5.33. The average molecular weight is 221 g/mol. The lowest BCUT2D eigenvalue weighted by Gasteiger charge is -2.23. The Kier molecular flexibility index (Phi) is 3.91. The molecule has 0 saturated carbocycles. The summed E-state index contributed by atoms with van der Waals surface area (Å²) in [6.45, 7) is 1.74. The fraction of sp³-hybridized carbons (Fsp3) is 0.417. The SMILES string of the molecule is O=C1COC[C@H](COCc2ccccc2)N1. The minimum Gasteiger partial charge on any atom is -0.375 e. The van der Waals surface area contributed by atoms with E-state index in [-0.39, 0.29) is 18.6 Å². The van der Waals surface area contributed by atoms with Gasteiger partial charge in [-0.3, -0.25) is 4.79 Å². The molecule has 1 saturated heterocycles. The van der Waals surface area contributed by atoms with Gasteiger partial charge in [0.2, 0.25) is 5.91 Å². The van der Waals surface area contributed by atoms with Gasteiger partial charge in [0.1, 0.15) is 6.61 Å². The molecular formula is C12H15NO3. The van der Waals surface area contributed by atoms with Gasteiger partial charge in [-0.15, -0.1) is 0 Å². The molecule has 1 amide bonds. The van der Waals surface area contributed by atoms with Gasteiger partial charge in [-0.1, -0.05) is 30.3 Å². The molecule has 0 unspecified atom stereocenters. The third kappa shape index (κ3) is 3.32. The summed E-state index contributed by atoms with van der Waals surface area (Å²) in [5.41, 5.74) is 1.13. The highest BCUT2D eigenvalue weighted by Gasteiger charge is 2.18. The third-order valence-corrected chi connectivity index (χ3v) is 2.35. The Morgan fingerprint density at radius 3 is 2.94 bits per heavy atom. The summed E-state index contributed by atoms with van der Waals surface area (Å²) in [7, 11) is 0. The van der Waals surface area contributed by atoms with Crippen molar-refractivity contribution >= 4 is 5.91 Å². The van der Waals surface area contributed by atoms with E-state index < -0.39 is 0 Å². The first-order valence-corrected chi connectivity index (χ1v) is 5.33. The second kappa shape index (κ2) is 5.63. The Morgan fingerprint density at radius 1 is 1.38 bits per heavy atom. The summed E-state index contributed by atoms with van der Waals surface area (Å²) in [5, 5.41) is 2.81. The van der Waals surface area contributed by atoms with Crippen molar-refractivity contribution < 1.29 is 14.3 Å². The normalized spacial score (nSPS) is 20.5. The van der Waals surface area contributed by atoms with Gasteiger partial charge < -0.3 is 14.8 Å². The van der Waals surface area contributed by atoms with Gasteiger partial charge in [0.25, 0.3) is 0 Å². The van der Waals surface area contributed by atoms with Crippen molar-refractivity contribution in [3.8, 4) is 0 Å². The molecule has 4 heteroatoms. The van der Waals surface area contributed by atoms with Crippen LogP contribution in [-0.4, -0.2) is 31.8 Å². The maximum atomic E-state index is 11.0. The molecule has 1 atom stereocenters. The molecule has 1 aliphatic heterocycles. The summed E-state index contributed by atoms with van der Waals surface area (Å²) in [4.78, 5) is 11.0. The quantitative estimate of drug-likeness (QED) is 0.815. The molecule has 86 valence electrons. The van der Waals surface area contributed by atoms with Crippen molar-refractivity contribution in [1.82, 2.24) is 5.32 Å². The van der Waals surface area contributed by atoms with Gasteiger partial charge in [0.15, 0.2) is 0 Å². The highest BCUT2D eigenvalue weighted by Crippen LogP contribution is 2.02. The van der Waals surface area contributed by atoms with Crippen molar-refractivity contribution in [2.24, 2.45) is 0 Å². The third-order valence-electron chi connectivity index (χ3n) is 2.35. The maximum Gasteiger partial charge on any atom is 0.246 e. The number of hydrogen-bond donors (Lipinski definition) is 1. The van der Waals surface area contributed by atoms with E-state index in [0.717, 1.165) is 5.56 Å². The van der Waals surface area contributed by atoms with E-state index in [4.69, 9.17) is 9.47 Å². The van der Waals surface area contributed by atoms with E-state index >= 15 is 0 Å². The molecule has 1 aromatic carbocycles. The van der Waals surface area contributed by atoms with E-state index in [1.165, 1.54) is 0 Å². The molecule has 0 bridgehead atoms. The van der Waals surface area contributed by atoms with Crippen LogP contribution in [0.2, 0.25) is 0 Å². The molecule has 1 aromatic rings. The number of carbonyl (C=O) groups is 1. The van der Waals surface area contributed by atoms with Crippen LogP contribution in [-0.2, 0) is 20.9 Å². The van der Waals surface area contributed by atoms with Crippen molar-refractivity contribution in [1.29, 1.82) is 0 Å². The van der Waals surface area contributed by atoms with E-state index in [2.05, 4.69) is 5.32 Å². The van der Waals surface area contributed by atoms with E-state index in [1.54, 1.807) is 0 Å². The van der Waals surface area contributed by atoms with Crippen LogP contribution < -0.4 is 5.32 Å². The smallest absolute Gasteiger partial charge is 0.246 e. The number of amides is 1. The van der Waals surface area contributed by atoms with Crippen LogP contribution in [0.4, 0.5) is 0 Å². The Balaban J connectivity index is 1.70. The van der Waals surface area contributed by atoms with Crippen LogP contribution in [0.3, 0.4) is 0 Å². The molecule has 4 nitrogen and oxygen atoms in total. The zero-order valence-corrected chi connectivity index (χ0v) is 9.02. The molecular weight excluding hydrogens is 206 g/mol. The Bertz CT molecular complexity index is 339. The van der Waals surface area contributed by atoms with Crippen LogP contribution in [0.5, 0.6) is 0 Å². The second-order valence-electron chi connectivity index (χ2n) is 3.78. The highest BCUT2D eigenvalue weighted by atomic mass is 16.5. The fourth-order valence-electron chi connectivity index (χ4n) is 1.59. The minimum atomic E-state index is -0.0699. The number of ether oxygens (including phenoxy) is 2. The number of morpholine rings is 1. The number of nitrogens with one attached hydrogen (secondary N) is 1. The second-order valence-corrected chi connectivity index (χ2v) is 3.78. The number of rotatable bonds is 4. The first kappa shape index (κ1) is 11.1. The van der Waals surface area contributed by atoms with E-state index in [1.807, 2.05) is 30.3 Å². The predicted octanol–water partition coefficient (Wildman–Crippen LogP) is 0.718. The van der Waals surface area contributed by atoms with E-state index in [9.17, 15) is 4.79 Å². The van der Waals surface area contributed by atoms with E-state index in [0.29, 0.717) is 19.8 Å². The molecule has 0 aromatic heterocycles. The van der Waals surface area contributed by atoms with Gasteiger partial charge in [-0.05, 0) is 5.56 Å². The lowest BCUT2D eigenvalue weighted by atomic mass is 10.2. The van der Waals surface area contributed by atoms with Crippen LogP contribution >= 0.6 is 0 Å². The van der Waals surface area contributed by atoms with Gasteiger partial charge >= 0.3 is 0 Å². The Hall–Kier alpha value is -1.39. The lowest BCUT2D eigenvalue weighted by molar-refractivity contribution is -0.132. The van der Waals surface area contributed by atoms with Crippen molar-refractivity contribution in [2.45, 2.75) is 12.6 Å². The standard InChI is InChI=1S/C12H15NO3/c14-12-9-16-8-11(13-12)7-15-6-10-4-2-1-3-5-10/h1-5,11H,6-9H2,(H,13,14)/t11-/m0/s1. The molecule has 0 aliphatic carbocycles. The fourth-order valence-corrected chi connectivity index (χ4v) is 1.59. The van der Waals surface area contributed by atoms with Crippen molar-refractivity contribution in [3.05, 3.63) is 35.9 Å². The van der Waals surface area contributed by atoms with Crippen LogP contribution in [0.15, 0.2) is 30.3 Å². The number of benzene rings is 1. The Morgan fingerprint density at radius 2 is 2.19 bits per heavy atom. The molecule has 1 N–H and O–H groups in total. The minimum absolute atomic E-state index is 0.0232. The molecule has 1 heterocycles. The monoisotopic (exact) mass is 221 g/mol. The van der Waals surface area contributed by atoms with Gasteiger partial charge in [-0.25, -0.2) is 0 Å². The van der Waals surface area contributed by atoms with Crippen molar-refractivity contribution in [2.75, 3.05) is 19.8 Å². The predicted molar refractivity (Wildman–Crippen MR) is 58.8 cm³/mol. The molecule has 0 spiro atoms. The van der Waals surface area contributed by atoms with Crippen LogP contribution in [0.25, 0.3) is 0 Å². The molecule has 1 fully saturated rings. The zero-order chi connectivity index (χ0) is 11.2. The largest absolute Gasteiger partial charge is 0.375 e. The van der Waals surface area contributed by atoms with Crippen LogP contribution in [0, 0.1) is 0 Å². The van der Waals surface area contributed by atoms with Crippen LogP contribution in [0.1, 0.15) is 5.56 Å². The topological polar surface area (TPSA) is 47.6 Å². The zero-order valence-electron chi connectivity index (χ0n) is 9.02. The molecule has 1 aliphatic rings. The summed E-state index contributed by atoms with van der Waals surface area (Å²) >= 11 is 0. The first-order chi connectivity index (χ1) is 7.84.